The average molecular weight is 649 g/mol. The quantitative estimate of drug-likeness (QED) is 0.176. The first-order valence-electron chi connectivity index (χ1n) is 17.6. The molecule has 0 bridgehead atoms. The number of rotatable bonds is 11. The minimum absolute atomic E-state index is 0.133. The monoisotopic (exact) mass is 648 g/mol. The van der Waals surface area contributed by atoms with E-state index in [1.165, 1.54) is 72.3 Å². The second-order valence-corrected chi connectivity index (χ2v) is 16.0. The lowest BCUT2D eigenvalue weighted by molar-refractivity contribution is -0.0724. The van der Waals surface area contributed by atoms with Crippen LogP contribution in [0.3, 0.4) is 0 Å². The fraction of sp³-hybridized carbons (Fsp3) is 0.467. The molecule has 0 fully saturated rings. The van der Waals surface area contributed by atoms with Crippen molar-refractivity contribution < 1.29 is 14.6 Å². The Morgan fingerprint density at radius 1 is 0.500 bits per heavy atom. The van der Waals surface area contributed by atoms with Gasteiger partial charge in [0.1, 0.15) is 18.5 Å². The van der Waals surface area contributed by atoms with E-state index in [0.717, 1.165) is 29.7 Å². The molecule has 1 unspecified atom stereocenters. The summed E-state index contributed by atoms with van der Waals surface area (Å²) in [6.07, 6.45) is 1.04. The van der Waals surface area contributed by atoms with E-state index in [9.17, 15) is 5.11 Å². The Morgan fingerprint density at radius 3 is 1.25 bits per heavy atom. The number of aliphatic hydroxyl groups excluding tert-OH is 1. The first kappa shape index (κ1) is 37.4. The lowest BCUT2D eigenvalue weighted by Crippen LogP contribution is -2.31. The third-order valence-corrected chi connectivity index (χ3v) is 9.92. The van der Waals surface area contributed by atoms with Gasteiger partial charge in [-0.3, -0.25) is 0 Å². The Hall–Kier alpha value is -3.40. The molecule has 3 nitrogen and oxygen atoms in total. The highest BCUT2D eigenvalue weighted by molar-refractivity contribution is 5.48. The standard InChI is InChI=1S/C45H60O3/c1-27-15-36(16-28(2)35(27)9)23-38-19-31(5)42(32(6)20-38)45(13,14)48-26-40(46)25-47-43-33(7)21-39(22-34(43)8)24-37-17-29(3)41(30(4)18-37)44(10,11)12/h15-22,40,46H,23-26H2,1-14H3. The minimum atomic E-state index is -0.747. The summed E-state index contributed by atoms with van der Waals surface area (Å²) >= 11 is 0. The van der Waals surface area contributed by atoms with Gasteiger partial charge in [0.25, 0.3) is 0 Å². The summed E-state index contributed by atoms with van der Waals surface area (Å²) in [6, 6.07) is 18.3. The van der Waals surface area contributed by atoms with Gasteiger partial charge in [0.2, 0.25) is 0 Å². The minimum Gasteiger partial charge on any atom is -0.490 e. The van der Waals surface area contributed by atoms with E-state index in [1.807, 2.05) is 0 Å². The van der Waals surface area contributed by atoms with Crippen LogP contribution in [-0.4, -0.2) is 24.4 Å². The lowest BCUT2D eigenvalue weighted by Gasteiger charge is -2.31. The molecule has 0 aliphatic rings. The number of aryl methyl sites for hydroxylation is 8. The molecule has 4 aromatic carbocycles. The fourth-order valence-electron chi connectivity index (χ4n) is 8.12. The van der Waals surface area contributed by atoms with Gasteiger partial charge >= 0.3 is 0 Å². The van der Waals surface area contributed by atoms with Crippen LogP contribution >= 0.6 is 0 Å². The van der Waals surface area contributed by atoms with Crippen molar-refractivity contribution in [1.82, 2.24) is 0 Å². The molecule has 3 heteroatoms. The van der Waals surface area contributed by atoms with Crippen molar-refractivity contribution in [2.45, 2.75) is 127 Å². The highest BCUT2D eigenvalue weighted by Crippen LogP contribution is 2.34. The van der Waals surface area contributed by atoms with E-state index in [-0.39, 0.29) is 18.6 Å². The third kappa shape index (κ3) is 8.79. The first-order valence-corrected chi connectivity index (χ1v) is 17.6. The predicted octanol–water partition coefficient (Wildman–Crippen LogP) is 10.6. The van der Waals surface area contributed by atoms with E-state index in [2.05, 4.69) is 145 Å². The Balaban J connectivity index is 1.38. The Morgan fingerprint density at radius 2 is 0.854 bits per heavy atom. The van der Waals surface area contributed by atoms with Gasteiger partial charge in [-0.2, -0.15) is 0 Å². The van der Waals surface area contributed by atoms with Crippen molar-refractivity contribution in [2.75, 3.05) is 13.2 Å². The molecular formula is C45H60O3. The van der Waals surface area contributed by atoms with Crippen molar-refractivity contribution in [3.8, 4) is 5.75 Å². The SMILES string of the molecule is Cc1cc(Cc2cc(C)c(C(C)(C)OCC(O)COc3c(C)cc(Cc4cc(C)c(C(C)(C)C)c(C)c4)cc3C)c(C)c2)cc(C)c1C. The molecule has 0 saturated heterocycles. The Bertz CT molecular complexity index is 1690. The van der Waals surface area contributed by atoms with Crippen molar-refractivity contribution in [3.05, 3.63) is 132 Å². The third-order valence-electron chi connectivity index (χ3n) is 9.92. The fourth-order valence-corrected chi connectivity index (χ4v) is 8.12. The highest BCUT2D eigenvalue weighted by atomic mass is 16.5. The lowest BCUT2D eigenvalue weighted by atomic mass is 9.80. The maximum absolute atomic E-state index is 10.9. The normalized spacial score (nSPS) is 12.8. The molecule has 4 rings (SSSR count). The molecular weight excluding hydrogens is 588 g/mol. The molecule has 0 saturated carbocycles. The molecule has 0 aromatic heterocycles. The van der Waals surface area contributed by atoms with Gasteiger partial charge in [-0.15, -0.1) is 0 Å². The summed E-state index contributed by atoms with van der Waals surface area (Å²) in [7, 11) is 0. The summed E-state index contributed by atoms with van der Waals surface area (Å²) in [6.45, 7) is 31.0. The molecule has 48 heavy (non-hydrogen) atoms. The van der Waals surface area contributed by atoms with Crippen LogP contribution in [0.25, 0.3) is 0 Å². The number of ether oxygens (including phenoxy) is 2. The molecule has 0 radical (unpaired) electrons. The van der Waals surface area contributed by atoms with Gasteiger partial charge in [0.05, 0.1) is 12.2 Å². The largest absolute Gasteiger partial charge is 0.490 e. The second kappa shape index (κ2) is 14.6. The predicted molar refractivity (Wildman–Crippen MR) is 203 cm³/mol. The molecule has 1 atom stereocenters. The zero-order valence-corrected chi connectivity index (χ0v) is 32.3. The van der Waals surface area contributed by atoms with Crippen LogP contribution in [-0.2, 0) is 28.6 Å². The molecule has 0 heterocycles. The van der Waals surface area contributed by atoms with E-state index in [0.29, 0.717) is 0 Å². The van der Waals surface area contributed by atoms with Gasteiger partial charge < -0.3 is 14.6 Å². The maximum Gasteiger partial charge on any atom is 0.125 e. The zero-order valence-electron chi connectivity index (χ0n) is 32.3. The molecule has 1 N–H and O–H groups in total. The van der Waals surface area contributed by atoms with Crippen molar-refractivity contribution >= 4 is 0 Å². The summed E-state index contributed by atoms with van der Waals surface area (Å²) in [5, 5.41) is 10.9. The Labute approximate surface area is 291 Å². The molecule has 0 aliphatic heterocycles. The maximum atomic E-state index is 10.9. The van der Waals surface area contributed by atoms with E-state index in [1.54, 1.807) is 0 Å². The van der Waals surface area contributed by atoms with Crippen LogP contribution in [0.1, 0.15) is 118 Å². The van der Waals surface area contributed by atoms with Crippen LogP contribution in [0.4, 0.5) is 0 Å². The average Bonchev–Trinajstić information content (AvgIpc) is 2.92. The van der Waals surface area contributed by atoms with Crippen molar-refractivity contribution in [2.24, 2.45) is 0 Å². The zero-order chi connectivity index (χ0) is 35.7. The van der Waals surface area contributed by atoms with Crippen LogP contribution in [0, 0.1) is 62.3 Å². The topological polar surface area (TPSA) is 38.7 Å². The van der Waals surface area contributed by atoms with Gasteiger partial charge in [0.15, 0.2) is 0 Å². The second-order valence-electron chi connectivity index (χ2n) is 16.0. The molecule has 0 spiro atoms. The summed E-state index contributed by atoms with van der Waals surface area (Å²) in [5.41, 5.74) is 18.8. The van der Waals surface area contributed by atoms with Gasteiger partial charge in [-0.25, -0.2) is 0 Å². The van der Waals surface area contributed by atoms with Crippen LogP contribution in [0.5, 0.6) is 5.75 Å². The summed E-state index contributed by atoms with van der Waals surface area (Å²) in [5.74, 6) is 0.841. The number of hydrogen-bond donors (Lipinski definition) is 1. The smallest absolute Gasteiger partial charge is 0.125 e. The Kier molecular flexibility index (Phi) is 11.4. The number of hydrogen-bond acceptors (Lipinski definition) is 3. The van der Waals surface area contributed by atoms with E-state index < -0.39 is 11.7 Å². The van der Waals surface area contributed by atoms with E-state index in [4.69, 9.17) is 9.47 Å². The van der Waals surface area contributed by atoms with Crippen molar-refractivity contribution in [3.63, 3.8) is 0 Å². The summed E-state index contributed by atoms with van der Waals surface area (Å²) in [4.78, 5) is 0. The van der Waals surface area contributed by atoms with E-state index >= 15 is 0 Å². The molecule has 0 aliphatic carbocycles. The molecule has 0 amide bonds. The molecule has 258 valence electrons. The van der Waals surface area contributed by atoms with Crippen LogP contribution in [0.15, 0.2) is 48.5 Å². The van der Waals surface area contributed by atoms with Gasteiger partial charge in [0, 0.05) is 0 Å². The molecule has 4 aromatic rings. The first-order chi connectivity index (χ1) is 22.3. The van der Waals surface area contributed by atoms with Crippen LogP contribution in [0.2, 0.25) is 0 Å². The summed E-state index contributed by atoms with van der Waals surface area (Å²) < 4.78 is 12.6. The highest BCUT2D eigenvalue weighted by Gasteiger charge is 2.27. The van der Waals surface area contributed by atoms with Crippen molar-refractivity contribution in [1.29, 1.82) is 0 Å². The number of aliphatic hydroxyl groups is 1. The number of benzene rings is 4. The van der Waals surface area contributed by atoms with Gasteiger partial charge in [-0.1, -0.05) is 69.3 Å². The van der Waals surface area contributed by atoms with Crippen LogP contribution < -0.4 is 4.74 Å². The van der Waals surface area contributed by atoms with Gasteiger partial charge in [-0.05, 0) is 178 Å².